The van der Waals surface area contributed by atoms with Crippen molar-refractivity contribution in [1.82, 2.24) is 0 Å². The first-order chi connectivity index (χ1) is 25.3. The lowest BCUT2D eigenvalue weighted by Crippen LogP contribution is -2.26. The van der Waals surface area contributed by atoms with E-state index in [2.05, 4.69) is 193 Å². The van der Waals surface area contributed by atoms with Gasteiger partial charge in [0.1, 0.15) is 11.2 Å². The van der Waals surface area contributed by atoms with E-state index in [9.17, 15) is 0 Å². The third kappa shape index (κ3) is 3.82. The zero-order valence-corrected chi connectivity index (χ0v) is 27.8. The van der Waals surface area contributed by atoms with Crippen LogP contribution in [0.25, 0.3) is 55.3 Å². The summed E-state index contributed by atoms with van der Waals surface area (Å²) in [6.07, 6.45) is 0. The second-order valence-corrected chi connectivity index (χ2v) is 13.6. The lowest BCUT2D eigenvalue weighted by molar-refractivity contribution is 0.669. The molecule has 0 fully saturated rings. The van der Waals surface area contributed by atoms with Crippen LogP contribution in [0.5, 0.6) is 0 Å². The van der Waals surface area contributed by atoms with Gasteiger partial charge in [0.15, 0.2) is 0 Å². The number of hydrogen-bond donors (Lipinski definition) is 0. The number of hydrogen-bond acceptors (Lipinski definition) is 2. The van der Waals surface area contributed by atoms with E-state index in [1.54, 1.807) is 0 Å². The highest BCUT2D eigenvalue weighted by Gasteiger charge is 2.53. The Morgan fingerprint density at radius 1 is 0.373 bits per heavy atom. The van der Waals surface area contributed by atoms with Crippen molar-refractivity contribution in [2.45, 2.75) is 5.41 Å². The van der Waals surface area contributed by atoms with E-state index in [0.717, 1.165) is 39.0 Å². The zero-order valence-electron chi connectivity index (χ0n) is 27.8. The van der Waals surface area contributed by atoms with Gasteiger partial charge in [0.25, 0.3) is 0 Å². The molecule has 0 saturated heterocycles. The molecule has 2 nitrogen and oxygen atoms in total. The normalized spacial score (nSPS) is 15.1. The van der Waals surface area contributed by atoms with Crippen molar-refractivity contribution >= 4 is 39.0 Å². The number of anilines is 3. The highest BCUT2D eigenvalue weighted by Crippen LogP contribution is 2.65. The summed E-state index contributed by atoms with van der Waals surface area (Å²) in [6.45, 7) is 0. The van der Waals surface area contributed by atoms with Crippen LogP contribution in [0.15, 0.2) is 192 Å². The SMILES string of the molecule is c1ccc(-c2ccc(N(c3ccccc3)c3cccc4c3-c3ccccc3C43c4ccccc4-c4c3ccc3c4oc4ccccc43)cc2)cc1. The molecule has 0 bridgehead atoms. The number of nitrogens with zero attached hydrogens (tertiary/aromatic N) is 1. The molecule has 0 radical (unpaired) electrons. The largest absolute Gasteiger partial charge is 0.455 e. The van der Waals surface area contributed by atoms with Crippen LogP contribution in [0.3, 0.4) is 0 Å². The summed E-state index contributed by atoms with van der Waals surface area (Å²) in [5, 5.41) is 2.31. The third-order valence-corrected chi connectivity index (χ3v) is 11.1. The van der Waals surface area contributed by atoms with E-state index in [1.807, 2.05) is 0 Å². The molecule has 9 aromatic rings. The Morgan fingerprint density at radius 3 is 1.71 bits per heavy atom. The molecule has 11 rings (SSSR count). The van der Waals surface area contributed by atoms with Crippen LogP contribution in [0.1, 0.15) is 22.3 Å². The second kappa shape index (κ2) is 10.7. The van der Waals surface area contributed by atoms with E-state index in [1.165, 1.54) is 55.6 Å². The molecule has 1 heterocycles. The van der Waals surface area contributed by atoms with E-state index in [-0.39, 0.29) is 0 Å². The predicted molar refractivity (Wildman–Crippen MR) is 210 cm³/mol. The van der Waals surface area contributed by atoms with Gasteiger partial charge >= 0.3 is 0 Å². The van der Waals surface area contributed by atoms with Crippen LogP contribution in [-0.4, -0.2) is 0 Å². The Labute approximate surface area is 296 Å². The molecular weight excluding hydrogens is 619 g/mol. The summed E-state index contributed by atoms with van der Waals surface area (Å²) in [5.74, 6) is 0. The molecule has 1 atom stereocenters. The number of para-hydroxylation sites is 2. The Balaban J connectivity index is 1.20. The molecule has 1 spiro atoms. The first kappa shape index (κ1) is 28.2. The molecule has 2 aliphatic carbocycles. The van der Waals surface area contributed by atoms with Gasteiger partial charge in [0.05, 0.1) is 11.1 Å². The molecule has 2 heteroatoms. The minimum Gasteiger partial charge on any atom is -0.455 e. The van der Waals surface area contributed by atoms with Crippen LogP contribution in [-0.2, 0) is 5.41 Å². The summed E-state index contributed by atoms with van der Waals surface area (Å²) >= 11 is 0. The molecule has 51 heavy (non-hydrogen) atoms. The lowest BCUT2D eigenvalue weighted by Gasteiger charge is -2.31. The van der Waals surface area contributed by atoms with Crippen molar-refractivity contribution in [3.63, 3.8) is 0 Å². The average Bonchev–Trinajstić information content (AvgIpc) is 3.83. The van der Waals surface area contributed by atoms with Crippen molar-refractivity contribution < 1.29 is 4.42 Å². The van der Waals surface area contributed by atoms with Crippen molar-refractivity contribution in [2.24, 2.45) is 0 Å². The third-order valence-electron chi connectivity index (χ3n) is 11.1. The van der Waals surface area contributed by atoms with Crippen molar-refractivity contribution in [3.05, 3.63) is 210 Å². The molecule has 0 N–H and O–H groups in total. The van der Waals surface area contributed by atoms with Crippen LogP contribution in [0.2, 0.25) is 0 Å². The Hall–Kier alpha value is -6.64. The monoisotopic (exact) mass is 649 g/mol. The average molecular weight is 650 g/mol. The molecule has 0 aliphatic heterocycles. The topological polar surface area (TPSA) is 16.4 Å². The molecule has 0 saturated carbocycles. The Morgan fingerprint density at radius 2 is 0.941 bits per heavy atom. The molecule has 8 aromatic carbocycles. The summed E-state index contributed by atoms with van der Waals surface area (Å²) in [5.41, 5.74) is 17.3. The van der Waals surface area contributed by atoms with Gasteiger partial charge in [-0.1, -0.05) is 152 Å². The van der Waals surface area contributed by atoms with Crippen molar-refractivity contribution in [2.75, 3.05) is 4.90 Å². The summed E-state index contributed by atoms with van der Waals surface area (Å²) in [7, 11) is 0. The smallest absolute Gasteiger partial charge is 0.143 e. The summed E-state index contributed by atoms with van der Waals surface area (Å²) in [4.78, 5) is 2.42. The van der Waals surface area contributed by atoms with E-state index in [0.29, 0.717) is 0 Å². The second-order valence-electron chi connectivity index (χ2n) is 13.6. The van der Waals surface area contributed by atoms with Crippen molar-refractivity contribution in [1.29, 1.82) is 0 Å². The molecular formula is C49H31NO. The highest BCUT2D eigenvalue weighted by molar-refractivity contribution is 6.13. The maximum absolute atomic E-state index is 6.74. The molecule has 1 aromatic heterocycles. The van der Waals surface area contributed by atoms with Crippen LogP contribution < -0.4 is 4.90 Å². The summed E-state index contributed by atoms with van der Waals surface area (Å²) in [6, 6.07) is 68.3. The van der Waals surface area contributed by atoms with Gasteiger partial charge in [-0.15, -0.1) is 0 Å². The fraction of sp³-hybridized carbons (Fsp3) is 0.0204. The summed E-state index contributed by atoms with van der Waals surface area (Å²) < 4.78 is 6.74. The van der Waals surface area contributed by atoms with E-state index < -0.39 is 5.41 Å². The zero-order chi connectivity index (χ0) is 33.5. The number of rotatable bonds is 4. The fourth-order valence-corrected chi connectivity index (χ4v) is 9.06. The maximum Gasteiger partial charge on any atom is 0.143 e. The molecule has 238 valence electrons. The quantitative estimate of drug-likeness (QED) is 0.189. The molecule has 2 aliphatic rings. The van der Waals surface area contributed by atoms with Gasteiger partial charge in [0.2, 0.25) is 0 Å². The lowest BCUT2D eigenvalue weighted by atomic mass is 9.70. The molecule has 1 unspecified atom stereocenters. The standard InChI is InChI=1S/C49H31NO/c1-3-14-32(15-4-1)33-26-28-35(29-27-33)50(34-16-5-2-6-17-34)44-24-13-23-42-46(44)38-19-7-10-21-40(38)49(42)41-22-11-8-20-39(41)47-43(49)31-30-37-36-18-9-12-25-45(36)51-48(37)47/h1-31H. The first-order valence-corrected chi connectivity index (χ1v) is 17.6. The van der Waals surface area contributed by atoms with Crippen molar-refractivity contribution in [3.8, 4) is 33.4 Å². The number of fused-ring (bicyclic) bond motifs is 14. The van der Waals surface area contributed by atoms with Gasteiger partial charge < -0.3 is 9.32 Å². The maximum atomic E-state index is 6.74. The fourth-order valence-electron chi connectivity index (χ4n) is 9.06. The molecule has 0 amide bonds. The highest BCUT2D eigenvalue weighted by atomic mass is 16.3. The number of furan rings is 1. The van der Waals surface area contributed by atoms with Gasteiger partial charge in [-0.25, -0.2) is 0 Å². The number of benzene rings is 8. The Bertz CT molecular complexity index is 2800. The van der Waals surface area contributed by atoms with Crippen LogP contribution >= 0.6 is 0 Å². The predicted octanol–water partition coefficient (Wildman–Crippen LogP) is 13.1. The van der Waals surface area contributed by atoms with Crippen LogP contribution in [0, 0.1) is 0 Å². The minimum atomic E-state index is -0.499. The first-order valence-electron chi connectivity index (χ1n) is 17.6. The van der Waals surface area contributed by atoms with E-state index in [4.69, 9.17) is 4.42 Å². The van der Waals surface area contributed by atoms with Gasteiger partial charge in [-0.2, -0.15) is 0 Å². The van der Waals surface area contributed by atoms with Gasteiger partial charge in [-0.3, -0.25) is 0 Å². The van der Waals surface area contributed by atoms with E-state index >= 15 is 0 Å². The van der Waals surface area contributed by atoms with Crippen LogP contribution in [0.4, 0.5) is 17.1 Å². The Kier molecular flexibility index (Phi) is 5.91. The minimum absolute atomic E-state index is 0.499. The van der Waals surface area contributed by atoms with Gasteiger partial charge in [-0.05, 0) is 80.9 Å². The van der Waals surface area contributed by atoms with Gasteiger partial charge in [0, 0.05) is 33.3 Å².